The number of nitrogens with two attached hydrogens (primary N) is 1. The van der Waals surface area contributed by atoms with Crippen molar-refractivity contribution in [3.05, 3.63) is 0 Å². The van der Waals surface area contributed by atoms with E-state index in [4.69, 9.17) is 5.73 Å². The van der Waals surface area contributed by atoms with E-state index < -0.39 is 0 Å². The summed E-state index contributed by atoms with van der Waals surface area (Å²) in [5.74, 6) is 1.04. The molecule has 2 heteroatoms. The molecule has 15 heavy (non-hydrogen) atoms. The normalized spacial score (nSPS) is 34.0. The van der Waals surface area contributed by atoms with Crippen LogP contribution < -0.4 is 11.1 Å². The molecule has 3 atom stereocenters. The quantitative estimate of drug-likeness (QED) is 0.731. The lowest BCUT2D eigenvalue weighted by Crippen LogP contribution is -2.44. The van der Waals surface area contributed by atoms with Crippen LogP contribution in [-0.2, 0) is 0 Å². The minimum atomic E-state index is 0.453. The summed E-state index contributed by atoms with van der Waals surface area (Å²) in [6, 6.07) is 1.92. The number of rotatable bonds is 5. The fourth-order valence-electron chi connectivity index (χ4n) is 2.82. The van der Waals surface area contributed by atoms with Crippen LogP contribution in [0.4, 0.5) is 0 Å². The molecule has 0 aliphatic heterocycles. The maximum atomic E-state index is 6.02. The van der Waals surface area contributed by atoms with E-state index >= 15 is 0 Å². The molecule has 2 rings (SSSR count). The number of nitrogens with one attached hydrogen (secondary N) is 1. The fourth-order valence-corrected chi connectivity index (χ4v) is 2.82. The molecule has 0 aromatic heterocycles. The van der Waals surface area contributed by atoms with Gasteiger partial charge in [-0.05, 0) is 38.0 Å². The predicted molar refractivity (Wildman–Crippen MR) is 64.8 cm³/mol. The third-order valence-corrected chi connectivity index (χ3v) is 3.99. The monoisotopic (exact) mass is 210 g/mol. The summed E-state index contributed by atoms with van der Waals surface area (Å²) in [5, 5.41) is 3.83. The second kappa shape index (κ2) is 5.31. The molecule has 0 saturated heterocycles. The van der Waals surface area contributed by atoms with E-state index in [9.17, 15) is 0 Å². The van der Waals surface area contributed by atoms with Gasteiger partial charge in [0.2, 0.25) is 0 Å². The van der Waals surface area contributed by atoms with Crippen LogP contribution in [0.15, 0.2) is 0 Å². The molecule has 0 heterocycles. The average molecular weight is 210 g/mol. The standard InChI is InChI=1S/C13H26N2/c1-2-12(8-10-6-7-10)15-13-5-3-4-11(14)9-13/h10-13,15H,2-9,14H2,1H3. The summed E-state index contributed by atoms with van der Waals surface area (Å²) in [5.41, 5.74) is 6.02. The maximum absolute atomic E-state index is 6.02. The Kier molecular flexibility index (Phi) is 4.04. The predicted octanol–water partition coefficient (Wildman–Crippen LogP) is 2.42. The van der Waals surface area contributed by atoms with Crippen LogP contribution in [0, 0.1) is 5.92 Å². The molecule has 2 fully saturated rings. The van der Waals surface area contributed by atoms with Crippen molar-refractivity contribution >= 4 is 0 Å². The van der Waals surface area contributed by atoms with E-state index in [2.05, 4.69) is 12.2 Å². The second-order valence-electron chi connectivity index (χ2n) is 5.57. The van der Waals surface area contributed by atoms with Gasteiger partial charge in [0.25, 0.3) is 0 Å². The second-order valence-corrected chi connectivity index (χ2v) is 5.57. The lowest BCUT2D eigenvalue weighted by atomic mass is 9.90. The van der Waals surface area contributed by atoms with Gasteiger partial charge in [0, 0.05) is 18.1 Å². The molecular weight excluding hydrogens is 184 g/mol. The third-order valence-electron chi connectivity index (χ3n) is 3.99. The summed E-state index contributed by atoms with van der Waals surface area (Å²) in [7, 11) is 0. The van der Waals surface area contributed by atoms with Crippen LogP contribution in [0.2, 0.25) is 0 Å². The molecule has 0 aromatic carbocycles. The lowest BCUT2D eigenvalue weighted by molar-refractivity contribution is 0.296. The Morgan fingerprint density at radius 2 is 2.07 bits per heavy atom. The van der Waals surface area contributed by atoms with Gasteiger partial charge in [-0.1, -0.05) is 26.2 Å². The molecule has 2 aliphatic rings. The molecule has 3 unspecified atom stereocenters. The Morgan fingerprint density at radius 3 is 2.67 bits per heavy atom. The zero-order chi connectivity index (χ0) is 10.7. The topological polar surface area (TPSA) is 38.0 Å². The Bertz CT molecular complexity index is 187. The van der Waals surface area contributed by atoms with E-state index in [1.807, 2.05) is 0 Å². The van der Waals surface area contributed by atoms with Crippen LogP contribution in [0.5, 0.6) is 0 Å². The van der Waals surface area contributed by atoms with E-state index in [0.717, 1.165) is 12.0 Å². The van der Waals surface area contributed by atoms with E-state index in [0.29, 0.717) is 12.1 Å². The van der Waals surface area contributed by atoms with Gasteiger partial charge >= 0.3 is 0 Å². The van der Waals surface area contributed by atoms with Gasteiger partial charge < -0.3 is 11.1 Å². The van der Waals surface area contributed by atoms with Crippen LogP contribution in [0.1, 0.15) is 58.3 Å². The molecule has 0 amide bonds. The summed E-state index contributed by atoms with van der Waals surface area (Å²) in [6.45, 7) is 2.31. The van der Waals surface area contributed by atoms with Gasteiger partial charge in [0.05, 0.1) is 0 Å². The highest BCUT2D eigenvalue weighted by molar-refractivity contribution is 4.85. The Morgan fingerprint density at radius 1 is 1.27 bits per heavy atom. The van der Waals surface area contributed by atoms with Crippen molar-refractivity contribution in [1.82, 2.24) is 5.32 Å². The summed E-state index contributed by atoms with van der Waals surface area (Å²) >= 11 is 0. The van der Waals surface area contributed by atoms with Gasteiger partial charge in [0.1, 0.15) is 0 Å². The van der Waals surface area contributed by atoms with Gasteiger partial charge in [-0.3, -0.25) is 0 Å². The van der Waals surface area contributed by atoms with Crippen LogP contribution in [0.25, 0.3) is 0 Å². The van der Waals surface area contributed by atoms with Gasteiger partial charge in [0.15, 0.2) is 0 Å². The van der Waals surface area contributed by atoms with E-state index in [1.165, 1.54) is 51.4 Å². The van der Waals surface area contributed by atoms with Crippen molar-refractivity contribution in [2.45, 2.75) is 76.4 Å². The zero-order valence-electron chi connectivity index (χ0n) is 10.0. The molecule has 0 spiro atoms. The number of hydrogen-bond acceptors (Lipinski definition) is 2. The first-order valence-electron chi connectivity index (χ1n) is 6.79. The highest BCUT2D eigenvalue weighted by Gasteiger charge is 2.27. The number of hydrogen-bond donors (Lipinski definition) is 2. The summed E-state index contributed by atoms with van der Waals surface area (Å²) in [4.78, 5) is 0. The summed E-state index contributed by atoms with van der Waals surface area (Å²) < 4.78 is 0. The van der Waals surface area contributed by atoms with Crippen molar-refractivity contribution in [3.8, 4) is 0 Å². The van der Waals surface area contributed by atoms with Crippen molar-refractivity contribution in [2.75, 3.05) is 0 Å². The summed E-state index contributed by atoms with van der Waals surface area (Å²) in [6.07, 6.45) is 10.7. The first-order chi connectivity index (χ1) is 7.28. The first-order valence-corrected chi connectivity index (χ1v) is 6.79. The lowest BCUT2D eigenvalue weighted by Gasteiger charge is -2.31. The molecule has 0 radical (unpaired) electrons. The Labute approximate surface area is 94.0 Å². The van der Waals surface area contributed by atoms with Crippen LogP contribution in [0.3, 0.4) is 0 Å². The molecule has 2 saturated carbocycles. The molecule has 88 valence electrons. The molecule has 2 aliphatic carbocycles. The average Bonchev–Trinajstić information content (AvgIpc) is 3.01. The molecule has 0 bridgehead atoms. The minimum absolute atomic E-state index is 0.453. The highest BCUT2D eigenvalue weighted by Crippen LogP contribution is 2.34. The molecular formula is C13H26N2. The van der Waals surface area contributed by atoms with Crippen molar-refractivity contribution in [2.24, 2.45) is 11.7 Å². The Balaban J connectivity index is 1.72. The molecule has 3 N–H and O–H groups in total. The smallest absolute Gasteiger partial charge is 0.00843 e. The van der Waals surface area contributed by atoms with Gasteiger partial charge in [-0.15, -0.1) is 0 Å². The van der Waals surface area contributed by atoms with Gasteiger partial charge in [-0.2, -0.15) is 0 Å². The van der Waals surface area contributed by atoms with Crippen molar-refractivity contribution < 1.29 is 0 Å². The minimum Gasteiger partial charge on any atom is -0.328 e. The largest absolute Gasteiger partial charge is 0.328 e. The zero-order valence-corrected chi connectivity index (χ0v) is 10.0. The molecule has 0 aromatic rings. The van der Waals surface area contributed by atoms with Crippen LogP contribution >= 0.6 is 0 Å². The van der Waals surface area contributed by atoms with Crippen molar-refractivity contribution in [3.63, 3.8) is 0 Å². The van der Waals surface area contributed by atoms with E-state index in [-0.39, 0.29) is 0 Å². The van der Waals surface area contributed by atoms with Crippen molar-refractivity contribution in [1.29, 1.82) is 0 Å². The fraction of sp³-hybridized carbons (Fsp3) is 1.00. The molecule has 2 nitrogen and oxygen atoms in total. The first kappa shape index (κ1) is 11.4. The van der Waals surface area contributed by atoms with Gasteiger partial charge in [-0.25, -0.2) is 0 Å². The third kappa shape index (κ3) is 3.76. The Hall–Kier alpha value is -0.0800. The van der Waals surface area contributed by atoms with Crippen LogP contribution in [-0.4, -0.2) is 18.1 Å². The van der Waals surface area contributed by atoms with E-state index in [1.54, 1.807) is 0 Å². The SMILES string of the molecule is CCC(CC1CC1)NC1CCCC(N)C1. The maximum Gasteiger partial charge on any atom is 0.00843 e. The highest BCUT2D eigenvalue weighted by atomic mass is 15.0.